The van der Waals surface area contributed by atoms with Crippen LogP contribution >= 0.6 is 0 Å². The second-order valence-electron chi connectivity index (χ2n) is 13.9. The first-order valence-corrected chi connectivity index (χ1v) is 20.3. The molecule has 10 heteroatoms. The summed E-state index contributed by atoms with van der Waals surface area (Å²) < 4.78 is 7.82. The van der Waals surface area contributed by atoms with Gasteiger partial charge in [0.2, 0.25) is 0 Å². The highest BCUT2D eigenvalue weighted by Crippen LogP contribution is 2.29. The molecule has 5 aromatic rings. The second kappa shape index (κ2) is 17.6. The number of para-hydroxylation sites is 1. The van der Waals surface area contributed by atoms with Crippen molar-refractivity contribution < 1.29 is 19.4 Å². The highest BCUT2D eigenvalue weighted by Gasteiger charge is 2.32. The van der Waals surface area contributed by atoms with Gasteiger partial charge in [0.15, 0.2) is 15.4 Å². The summed E-state index contributed by atoms with van der Waals surface area (Å²) in [5.41, 5.74) is 6.32. The highest BCUT2D eigenvalue weighted by atomic mass is 28.2. The number of nitrogens with zero attached hydrogens (tertiary/aromatic N) is 4. The van der Waals surface area contributed by atoms with Crippen molar-refractivity contribution in [2.75, 3.05) is 24.7 Å². The molecule has 1 aliphatic rings. The number of carbonyl (C=O) groups excluding carboxylic acids is 2. The van der Waals surface area contributed by atoms with Crippen LogP contribution in [0.25, 0.3) is 5.69 Å². The number of aryl methyl sites for hydroxylation is 2. The Morgan fingerprint density at radius 1 is 0.906 bits per heavy atom. The number of hydrogen-bond donors (Lipinski definition) is 2. The second-order valence-corrected chi connectivity index (χ2v) is 15.4. The summed E-state index contributed by atoms with van der Waals surface area (Å²) in [6, 6.07) is 31.4. The normalized spacial score (nSPS) is 14.0. The summed E-state index contributed by atoms with van der Waals surface area (Å²) in [5.74, 6) is 1.34. The number of benzene rings is 4. The first-order chi connectivity index (χ1) is 25.8. The number of fused-ring (bicyclic) bond motifs is 1. The van der Waals surface area contributed by atoms with E-state index in [1.807, 2.05) is 97.6 Å². The van der Waals surface area contributed by atoms with Gasteiger partial charge in [0.1, 0.15) is 11.5 Å². The maximum atomic E-state index is 14.7. The maximum Gasteiger partial charge on any atom is 0.274 e. The monoisotopic (exact) mass is 729 g/mol. The predicted molar refractivity (Wildman–Crippen MR) is 214 cm³/mol. The van der Waals surface area contributed by atoms with E-state index in [0.29, 0.717) is 43.0 Å². The minimum absolute atomic E-state index is 0.0887. The molecule has 0 spiro atoms. The Balaban J connectivity index is 1.29. The molecule has 1 aromatic heterocycles. The molecule has 2 heterocycles. The standard InChI is InChI=1S/C43H51N5O4Si/c1-5-7-23-46(24-8-6-2)43(51)39-25-31(4)48(44-39)40-22-17-34(45-53-37-20-18-36(19-21-37)52-41-16-12-9-13-30(41)3)27-38(40)42(50)47-28-33-15-11-10-14-32(33)26-35(47)29-49/h9-22,25,27,35,45,49H,5-8,23-24,26,28-29,53H2,1-4H3. The van der Waals surface area contributed by atoms with E-state index >= 15 is 0 Å². The fourth-order valence-corrected chi connectivity index (χ4v) is 7.92. The molecule has 1 atom stereocenters. The number of aliphatic hydroxyl groups excluding tert-OH is 1. The SMILES string of the molecule is CCCCN(CCCC)C(=O)c1cc(C)n(-c2ccc(N[SiH2]c3ccc(Oc4ccccc4C)cc3)cc2C(=O)N2Cc3ccccc3CC2CO)n1. The van der Waals surface area contributed by atoms with E-state index in [4.69, 9.17) is 9.84 Å². The third kappa shape index (κ3) is 8.89. The van der Waals surface area contributed by atoms with E-state index in [-0.39, 0.29) is 24.5 Å². The molecule has 0 fully saturated rings. The van der Waals surface area contributed by atoms with Gasteiger partial charge in [-0.3, -0.25) is 9.59 Å². The molecule has 0 bridgehead atoms. The van der Waals surface area contributed by atoms with Gasteiger partial charge in [-0.15, -0.1) is 0 Å². The van der Waals surface area contributed by atoms with Gasteiger partial charge >= 0.3 is 0 Å². The first-order valence-electron chi connectivity index (χ1n) is 18.8. The minimum atomic E-state index is -0.978. The summed E-state index contributed by atoms with van der Waals surface area (Å²) in [7, 11) is -0.978. The van der Waals surface area contributed by atoms with Crippen molar-refractivity contribution in [2.45, 2.75) is 72.4 Å². The zero-order valence-electron chi connectivity index (χ0n) is 31.3. The molecule has 0 aliphatic carbocycles. The zero-order valence-corrected chi connectivity index (χ0v) is 32.8. The van der Waals surface area contributed by atoms with E-state index in [1.54, 1.807) is 9.58 Å². The van der Waals surface area contributed by atoms with Crippen molar-refractivity contribution in [3.63, 3.8) is 0 Å². The molecule has 0 saturated heterocycles. The highest BCUT2D eigenvalue weighted by molar-refractivity contribution is 6.56. The minimum Gasteiger partial charge on any atom is -0.457 e. The number of hydrogen-bond acceptors (Lipinski definition) is 6. The lowest BCUT2D eigenvalue weighted by Gasteiger charge is -2.36. The van der Waals surface area contributed by atoms with Gasteiger partial charge < -0.3 is 24.6 Å². The van der Waals surface area contributed by atoms with Gasteiger partial charge in [0, 0.05) is 31.0 Å². The Hall–Kier alpha value is -5.19. The van der Waals surface area contributed by atoms with Crippen LogP contribution in [0.3, 0.4) is 0 Å². The summed E-state index contributed by atoms with van der Waals surface area (Å²) >= 11 is 0. The molecule has 2 amide bonds. The Morgan fingerprint density at radius 2 is 1.60 bits per heavy atom. The average Bonchev–Trinajstić information content (AvgIpc) is 3.58. The molecular weight excluding hydrogens is 679 g/mol. The van der Waals surface area contributed by atoms with Crippen LogP contribution in [0.15, 0.2) is 97.1 Å². The van der Waals surface area contributed by atoms with E-state index < -0.39 is 9.68 Å². The van der Waals surface area contributed by atoms with Crippen molar-refractivity contribution in [1.29, 1.82) is 0 Å². The van der Waals surface area contributed by atoms with Crippen molar-refractivity contribution >= 4 is 32.4 Å². The van der Waals surface area contributed by atoms with Gasteiger partial charge in [-0.25, -0.2) is 4.68 Å². The molecule has 6 rings (SSSR count). The van der Waals surface area contributed by atoms with Crippen LogP contribution in [0.4, 0.5) is 5.69 Å². The number of aliphatic hydroxyl groups is 1. The molecule has 0 saturated carbocycles. The molecule has 4 aromatic carbocycles. The molecule has 2 N–H and O–H groups in total. The fourth-order valence-electron chi connectivity index (χ4n) is 6.82. The van der Waals surface area contributed by atoms with E-state index in [0.717, 1.165) is 65.3 Å². The summed E-state index contributed by atoms with van der Waals surface area (Å²) in [5, 5.41) is 16.5. The summed E-state index contributed by atoms with van der Waals surface area (Å²) in [4.78, 5) is 35.7. The third-order valence-corrected chi connectivity index (χ3v) is 11.4. The van der Waals surface area contributed by atoms with Gasteiger partial charge in [0.25, 0.3) is 11.8 Å². The Morgan fingerprint density at radius 3 is 2.30 bits per heavy atom. The van der Waals surface area contributed by atoms with Crippen LogP contribution in [0.5, 0.6) is 11.5 Å². The Kier molecular flexibility index (Phi) is 12.4. The molecular formula is C43H51N5O4Si. The van der Waals surface area contributed by atoms with Crippen LogP contribution in [0.1, 0.15) is 82.8 Å². The number of amides is 2. The fraction of sp³-hybridized carbons (Fsp3) is 0.326. The smallest absolute Gasteiger partial charge is 0.274 e. The summed E-state index contributed by atoms with van der Waals surface area (Å²) in [6.45, 7) is 9.83. The number of ether oxygens (including phenoxy) is 1. The lowest BCUT2D eigenvalue weighted by Crippen LogP contribution is -2.46. The van der Waals surface area contributed by atoms with Gasteiger partial charge in [0.05, 0.1) is 23.9 Å². The number of aromatic nitrogens is 2. The molecule has 0 radical (unpaired) electrons. The van der Waals surface area contributed by atoms with Crippen LogP contribution in [0.2, 0.25) is 0 Å². The molecule has 9 nitrogen and oxygen atoms in total. The number of nitrogens with one attached hydrogen (secondary N) is 1. The van der Waals surface area contributed by atoms with E-state index in [1.165, 1.54) is 5.19 Å². The molecule has 1 unspecified atom stereocenters. The first kappa shape index (κ1) is 37.6. The van der Waals surface area contributed by atoms with Gasteiger partial charge in [-0.05, 0) is 97.5 Å². The van der Waals surface area contributed by atoms with Crippen LogP contribution in [-0.2, 0) is 13.0 Å². The van der Waals surface area contributed by atoms with E-state index in [2.05, 4.69) is 37.0 Å². The lowest BCUT2D eigenvalue weighted by molar-refractivity contribution is 0.0544. The number of carbonyl (C=O) groups is 2. The van der Waals surface area contributed by atoms with Crippen molar-refractivity contribution in [2.24, 2.45) is 0 Å². The molecule has 1 aliphatic heterocycles. The number of unbranched alkanes of at least 4 members (excludes halogenated alkanes) is 2. The van der Waals surface area contributed by atoms with Crippen molar-refractivity contribution in [3.8, 4) is 17.2 Å². The van der Waals surface area contributed by atoms with Crippen LogP contribution in [0, 0.1) is 13.8 Å². The average molecular weight is 730 g/mol. The van der Waals surface area contributed by atoms with Crippen molar-refractivity contribution in [3.05, 3.63) is 131 Å². The Bertz CT molecular complexity index is 2020. The quantitative estimate of drug-likeness (QED) is 0.116. The third-order valence-electron chi connectivity index (χ3n) is 9.98. The van der Waals surface area contributed by atoms with Gasteiger partial charge in [-0.2, -0.15) is 5.10 Å². The van der Waals surface area contributed by atoms with E-state index in [9.17, 15) is 14.7 Å². The van der Waals surface area contributed by atoms with Crippen molar-refractivity contribution in [1.82, 2.24) is 19.6 Å². The number of anilines is 1. The predicted octanol–water partition coefficient (Wildman–Crippen LogP) is 6.70. The van der Waals surface area contributed by atoms with Crippen LogP contribution < -0.4 is 14.9 Å². The topological polar surface area (TPSA) is 99.9 Å². The number of rotatable bonds is 15. The molecule has 276 valence electrons. The van der Waals surface area contributed by atoms with Gasteiger partial charge in [-0.1, -0.05) is 81.3 Å². The zero-order chi connectivity index (χ0) is 37.3. The lowest BCUT2D eigenvalue weighted by atomic mass is 9.93. The largest absolute Gasteiger partial charge is 0.457 e. The Labute approximate surface area is 315 Å². The molecule has 53 heavy (non-hydrogen) atoms. The summed E-state index contributed by atoms with van der Waals surface area (Å²) in [6.07, 6.45) is 4.44. The maximum absolute atomic E-state index is 14.7. The van der Waals surface area contributed by atoms with Crippen LogP contribution in [-0.4, -0.2) is 71.9 Å².